The number of piperidine rings is 1. The molecule has 3 rings (SSSR count). The molecule has 0 aromatic heterocycles. The van der Waals surface area contributed by atoms with E-state index in [1.54, 1.807) is 0 Å². The molecule has 0 aliphatic carbocycles. The van der Waals surface area contributed by atoms with Crippen LogP contribution in [-0.2, 0) is 6.42 Å². The van der Waals surface area contributed by atoms with Crippen LogP contribution in [0.4, 0.5) is 0 Å². The third-order valence-corrected chi connectivity index (χ3v) is 4.87. The number of rotatable bonds is 6. The van der Waals surface area contributed by atoms with Crippen molar-refractivity contribution < 1.29 is 4.74 Å². The average Bonchev–Trinajstić information content (AvgIpc) is 2.62. The van der Waals surface area contributed by atoms with Crippen molar-refractivity contribution >= 4 is 17.0 Å². The van der Waals surface area contributed by atoms with Gasteiger partial charge in [0.15, 0.2) is 0 Å². The van der Waals surface area contributed by atoms with E-state index >= 15 is 0 Å². The molecule has 130 valence electrons. The van der Waals surface area contributed by atoms with Gasteiger partial charge in [-0.3, -0.25) is 4.90 Å². The van der Waals surface area contributed by atoms with Crippen molar-refractivity contribution in [3.05, 3.63) is 66.2 Å². The zero-order valence-electron chi connectivity index (χ0n) is 14.4. The maximum absolute atomic E-state index is 5.90. The Kier molecular flexibility index (Phi) is 7.80. The molecule has 2 aromatic carbocycles. The molecule has 3 heteroatoms. The second-order valence-corrected chi connectivity index (χ2v) is 6.64. The number of ether oxygens (including phenoxy) is 1. The van der Waals surface area contributed by atoms with E-state index in [1.165, 1.54) is 37.9 Å². The summed E-state index contributed by atoms with van der Waals surface area (Å²) in [6.45, 7) is 5.43. The lowest BCUT2D eigenvalue weighted by molar-refractivity contribution is 0.104. The van der Waals surface area contributed by atoms with Crippen LogP contribution in [0.25, 0.3) is 0 Å². The van der Waals surface area contributed by atoms with E-state index in [1.807, 2.05) is 30.3 Å². The fraction of sp³-hybridized carbons (Fsp3) is 0.429. The van der Waals surface area contributed by atoms with Crippen LogP contribution in [0.3, 0.4) is 0 Å². The maximum Gasteiger partial charge on any atom is 0.119 e. The molecule has 1 fully saturated rings. The highest BCUT2D eigenvalue weighted by atomic mass is 79.9. The number of nitrogens with zero attached hydrogens (tertiary/aromatic N) is 1. The van der Waals surface area contributed by atoms with Crippen LogP contribution in [-0.4, -0.2) is 30.6 Å². The van der Waals surface area contributed by atoms with E-state index in [0.29, 0.717) is 6.04 Å². The highest BCUT2D eigenvalue weighted by Crippen LogP contribution is 2.23. The number of likely N-dealkylation sites (tertiary alicyclic amines) is 1. The van der Waals surface area contributed by atoms with Crippen molar-refractivity contribution in [3.8, 4) is 5.75 Å². The van der Waals surface area contributed by atoms with Gasteiger partial charge in [-0.1, -0.05) is 48.5 Å². The van der Waals surface area contributed by atoms with Crippen molar-refractivity contribution in [2.75, 3.05) is 19.7 Å². The van der Waals surface area contributed by atoms with Gasteiger partial charge in [-0.15, -0.1) is 17.0 Å². The maximum atomic E-state index is 5.90. The summed E-state index contributed by atoms with van der Waals surface area (Å²) in [5.74, 6) is 1.80. The fourth-order valence-electron chi connectivity index (χ4n) is 3.38. The Morgan fingerprint density at radius 1 is 0.958 bits per heavy atom. The van der Waals surface area contributed by atoms with Gasteiger partial charge in [0.2, 0.25) is 0 Å². The third kappa shape index (κ3) is 5.64. The Labute approximate surface area is 156 Å². The zero-order valence-corrected chi connectivity index (χ0v) is 16.1. The predicted molar refractivity (Wildman–Crippen MR) is 106 cm³/mol. The molecule has 1 aliphatic heterocycles. The van der Waals surface area contributed by atoms with Crippen LogP contribution in [0, 0.1) is 5.92 Å². The minimum atomic E-state index is 0. The summed E-state index contributed by atoms with van der Waals surface area (Å²) in [6, 6.07) is 21.5. The van der Waals surface area contributed by atoms with E-state index < -0.39 is 0 Å². The molecule has 1 atom stereocenters. The molecule has 0 radical (unpaired) electrons. The minimum absolute atomic E-state index is 0. The summed E-state index contributed by atoms with van der Waals surface area (Å²) in [6.07, 6.45) is 3.82. The van der Waals surface area contributed by atoms with E-state index in [2.05, 4.69) is 42.2 Å². The molecule has 2 nitrogen and oxygen atoms in total. The van der Waals surface area contributed by atoms with E-state index in [0.717, 1.165) is 18.3 Å². The van der Waals surface area contributed by atoms with E-state index in [4.69, 9.17) is 4.74 Å². The molecule has 1 aliphatic rings. The van der Waals surface area contributed by atoms with Gasteiger partial charge in [0.05, 0.1) is 0 Å². The number of benzene rings is 2. The Bertz CT molecular complexity index is 567. The molecule has 24 heavy (non-hydrogen) atoms. The second-order valence-electron chi connectivity index (χ2n) is 6.64. The largest absolute Gasteiger partial charge is 0.492 e. The first-order valence-electron chi connectivity index (χ1n) is 8.77. The van der Waals surface area contributed by atoms with Gasteiger partial charge in [0.25, 0.3) is 0 Å². The molecule has 0 bridgehead atoms. The van der Waals surface area contributed by atoms with Gasteiger partial charge in [-0.2, -0.15) is 0 Å². The molecule has 0 saturated carbocycles. The lowest BCUT2D eigenvalue weighted by Gasteiger charge is -2.36. The van der Waals surface area contributed by atoms with Crippen LogP contribution in [0.2, 0.25) is 0 Å². The van der Waals surface area contributed by atoms with Crippen molar-refractivity contribution in [1.82, 2.24) is 4.90 Å². The first kappa shape index (κ1) is 19.0. The quantitative estimate of drug-likeness (QED) is 0.689. The fourth-order valence-corrected chi connectivity index (χ4v) is 3.38. The minimum Gasteiger partial charge on any atom is -0.492 e. The predicted octanol–water partition coefficient (Wildman–Crippen LogP) is 4.99. The van der Waals surface area contributed by atoms with E-state index in [-0.39, 0.29) is 17.0 Å². The summed E-state index contributed by atoms with van der Waals surface area (Å²) in [5.41, 5.74) is 1.48. The van der Waals surface area contributed by atoms with Gasteiger partial charge in [-0.25, -0.2) is 0 Å². The number of halogens is 1. The van der Waals surface area contributed by atoms with Crippen molar-refractivity contribution in [2.45, 2.75) is 32.2 Å². The highest BCUT2D eigenvalue weighted by molar-refractivity contribution is 8.93. The standard InChI is InChI=1S/C21H27NO.BrH/c1-18(17-23-21-10-6-3-7-11-21)22-14-12-20(13-15-22)16-19-8-4-2-5-9-19;/h2-11,18,20H,12-17H2,1H3;1H. The SMILES string of the molecule is Br.CC(COc1ccccc1)N1CCC(Cc2ccccc2)CC1. The van der Waals surface area contributed by atoms with Gasteiger partial charge in [-0.05, 0) is 62.9 Å². The van der Waals surface area contributed by atoms with Crippen LogP contribution in [0.5, 0.6) is 5.75 Å². The third-order valence-electron chi connectivity index (χ3n) is 4.87. The highest BCUT2D eigenvalue weighted by Gasteiger charge is 2.23. The molecule has 1 saturated heterocycles. The van der Waals surface area contributed by atoms with Gasteiger partial charge >= 0.3 is 0 Å². The Morgan fingerprint density at radius 3 is 2.17 bits per heavy atom. The summed E-state index contributed by atoms with van der Waals surface area (Å²) in [7, 11) is 0. The zero-order chi connectivity index (χ0) is 15.9. The average molecular weight is 390 g/mol. The molecular weight excluding hydrogens is 362 g/mol. The normalized spacial score (nSPS) is 17.0. The number of para-hydroxylation sites is 1. The molecule has 2 aromatic rings. The smallest absolute Gasteiger partial charge is 0.119 e. The summed E-state index contributed by atoms with van der Waals surface area (Å²) >= 11 is 0. The van der Waals surface area contributed by atoms with Crippen molar-refractivity contribution in [2.24, 2.45) is 5.92 Å². The lowest BCUT2D eigenvalue weighted by atomic mass is 9.90. The van der Waals surface area contributed by atoms with Crippen molar-refractivity contribution in [1.29, 1.82) is 0 Å². The van der Waals surface area contributed by atoms with Gasteiger partial charge in [0, 0.05) is 6.04 Å². The summed E-state index contributed by atoms with van der Waals surface area (Å²) in [5, 5.41) is 0. The topological polar surface area (TPSA) is 12.5 Å². The second kappa shape index (κ2) is 9.85. The van der Waals surface area contributed by atoms with Crippen LogP contribution < -0.4 is 4.74 Å². The Balaban J connectivity index is 0.00000208. The van der Waals surface area contributed by atoms with Crippen LogP contribution in [0.1, 0.15) is 25.3 Å². The van der Waals surface area contributed by atoms with E-state index in [9.17, 15) is 0 Å². The van der Waals surface area contributed by atoms with Crippen molar-refractivity contribution in [3.63, 3.8) is 0 Å². The van der Waals surface area contributed by atoms with Crippen LogP contribution in [0.15, 0.2) is 60.7 Å². The Hall–Kier alpha value is -1.32. The molecule has 1 heterocycles. The first-order chi connectivity index (χ1) is 11.3. The lowest BCUT2D eigenvalue weighted by Crippen LogP contribution is -2.43. The summed E-state index contributed by atoms with van der Waals surface area (Å²) in [4.78, 5) is 2.57. The molecule has 0 spiro atoms. The van der Waals surface area contributed by atoms with Gasteiger partial charge < -0.3 is 4.74 Å². The number of hydrogen-bond donors (Lipinski definition) is 0. The molecule has 0 amide bonds. The monoisotopic (exact) mass is 389 g/mol. The van der Waals surface area contributed by atoms with Crippen LogP contribution >= 0.6 is 17.0 Å². The molecule has 1 unspecified atom stereocenters. The summed E-state index contributed by atoms with van der Waals surface area (Å²) < 4.78 is 5.90. The van der Waals surface area contributed by atoms with Gasteiger partial charge in [0.1, 0.15) is 12.4 Å². The molecule has 0 N–H and O–H groups in total. The molecular formula is C21H28BrNO. The number of hydrogen-bond acceptors (Lipinski definition) is 2. The Morgan fingerprint density at radius 2 is 1.54 bits per heavy atom. The first-order valence-corrected chi connectivity index (χ1v) is 8.77.